The Morgan fingerprint density at radius 1 is 1.04 bits per heavy atom. The van der Waals surface area contributed by atoms with Crippen LogP contribution in [0.1, 0.15) is 18.3 Å². The predicted octanol–water partition coefficient (Wildman–Crippen LogP) is 1.92. The molecular weight excluding hydrogens is 362 g/mol. The third-order valence-electron chi connectivity index (χ3n) is 4.80. The third kappa shape index (κ3) is 4.22. The molecule has 2 heterocycles. The summed E-state index contributed by atoms with van der Waals surface area (Å²) in [5.74, 6) is 2.40. The van der Waals surface area contributed by atoms with E-state index in [9.17, 15) is 8.42 Å². The van der Waals surface area contributed by atoms with Crippen LogP contribution in [0.25, 0.3) is 0 Å². The normalized spacial score (nSPS) is 15.8. The van der Waals surface area contributed by atoms with Gasteiger partial charge < -0.3 is 9.80 Å². The number of piperazine rings is 1. The van der Waals surface area contributed by atoms with Crippen molar-refractivity contribution >= 4 is 21.7 Å². The zero-order valence-electron chi connectivity index (χ0n) is 16.4. The molecule has 1 aromatic carbocycles. The highest BCUT2D eigenvalue weighted by Gasteiger charge is 2.29. The first-order valence-electron chi connectivity index (χ1n) is 9.18. The second-order valence-corrected chi connectivity index (χ2v) is 8.85. The molecule has 0 saturated carbocycles. The summed E-state index contributed by atoms with van der Waals surface area (Å²) < 4.78 is 27.4. The Balaban J connectivity index is 1.73. The maximum atomic E-state index is 12.9. The number of benzene rings is 1. The van der Waals surface area contributed by atoms with Gasteiger partial charge in [-0.2, -0.15) is 4.31 Å². The first kappa shape index (κ1) is 19.6. The second kappa shape index (κ2) is 7.82. The monoisotopic (exact) mass is 389 g/mol. The van der Waals surface area contributed by atoms with Crippen LogP contribution in [-0.4, -0.2) is 63.0 Å². The molecule has 0 bridgehead atoms. The van der Waals surface area contributed by atoms with Gasteiger partial charge in [0.25, 0.3) is 0 Å². The Morgan fingerprint density at radius 3 is 2.22 bits per heavy atom. The van der Waals surface area contributed by atoms with Crippen molar-refractivity contribution in [3.63, 3.8) is 0 Å². The summed E-state index contributed by atoms with van der Waals surface area (Å²) >= 11 is 0. The van der Waals surface area contributed by atoms with Crippen molar-refractivity contribution in [2.45, 2.75) is 25.2 Å². The van der Waals surface area contributed by atoms with Gasteiger partial charge in [-0.3, -0.25) is 0 Å². The molecule has 2 aromatic rings. The standard InChI is InChI=1S/C19H27N5O2S/c1-5-16-6-8-17(9-7-16)27(25,26)24-12-10-23(11-13-24)19-14-18(22(3)4)20-15(2)21-19/h6-9,14H,5,10-13H2,1-4H3. The van der Waals surface area contributed by atoms with Crippen LogP contribution in [0.2, 0.25) is 0 Å². The molecule has 8 heteroatoms. The number of hydrogen-bond acceptors (Lipinski definition) is 6. The van der Waals surface area contributed by atoms with Gasteiger partial charge in [0.15, 0.2) is 0 Å². The molecule has 146 valence electrons. The number of sulfonamides is 1. The van der Waals surface area contributed by atoms with E-state index in [0.717, 1.165) is 23.6 Å². The molecule has 0 amide bonds. The lowest BCUT2D eigenvalue weighted by Gasteiger charge is -2.35. The number of aromatic nitrogens is 2. The van der Waals surface area contributed by atoms with Crippen molar-refractivity contribution in [2.24, 2.45) is 0 Å². The Labute approximate surface area is 161 Å². The van der Waals surface area contributed by atoms with Crippen molar-refractivity contribution in [2.75, 3.05) is 50.1 Å². The van der Waals surface area contributed by atoms with E-state index < -0.39 is 10.0 Å². The van der Waals surface area contributed by atoms with Gasteiger partial charge in [-0.1, -0.05) is 19.1 Å². The summed E-state index contributed by atoms with van der Waals surface area (Å²) in [5.41, 5.74) is 1.13. The zero-order chi connectivity index (χ0) is 19.6. The van der Waals surface area contributed by atoms with Gasteiger partial charge in [0.1, 0.15) is 17.5 Å². The fraction of sp³-hybridized carbons (Fsp3) is 0.474. The van der Waals surface area contributed by atoms with E-state index in [1.165, 1.54) is 0 Å². The fourth-order valence-electron chi connectivity index (χ4n) is 3.13. The molecule has 1 aliphatic rings. The van der Waals surface area contributed by atoms with Crippen LogP contribution >= 0.6 is 0 Å². The third-order valence-corrected chi connectivity index (χ3v) is 6.71. The Morgan fingerprint density at radius 2 is 1.67 bits per heavy atom. The molecular formula is C19H27N5O2S. The molecule has 1 saturated heterocycles. The van der Waals surface area contributed by atoms with Gasteiger partial charge >= 0.3 is 0 Å². The smallest absolute Gasteiger partial charge is 0.243 e. The minimum Gasteiger partial charge on any atom is -0.363 e. The first-order valence-corrected chi connectivity index (χ1v) is 10.6. The molecule has 1 aliphatic heterocycles. The van der Waals surface area contributed by atoms with E-state index in [2.05, 4.69) is 21.8 Å². The zero-order valence-corrected chi connectivity index (χ0v) is 17.2. The fourth-order valence-corrected chi connectivity index (χ4v) is 4.55. The van der Waals surface area contributed by atoms with Gasteiger partial charge in [-0.05, 0) is 31.0 Å². The minimum atomic E-state index is -3.46. The predicted molar refractivity (Wildman–Crippen MR) is 108 cm³/mol. The van der Waals surface area contributed by atoms with Crippen LogP contribution < -0.4 is 9.80 Å². The molecule has 27 heavy (non-hydrogen) atoms. The first-order chi connectivity index (χ1) is 12.8. The van der Waals surface area contributed by atoms with Gasteiger partial charge in [-0.25, -0.2) is 18.4 Å². The van der Waals surface area contributed by atoms with Crippen LogP contribution in [0.4, 0.5) is 11.6 Å². The maximum Gasteiger partial charge on any atom is 0.243 e. The highest BCUT2D eigenvalue weighted by molar-refractivity contribution is 7.89. The number of rotatable bonds is 5. The van der Waals surface area contributed by atoms with Crippen LogP contribution in [0.5, 0.6) is 0 Å². The van der Waals surface area contributed by atoms with E-state index in [4.69, 9.17) is 0 Å². The molecule has 3 rings (SSSR count). The van der Waals surface area contributed by atoms with E-state index in [0.29, 0.717) is 36.9 Å². The summed E-state index contributed by atoms with van der Waals surface area (Å²) in [6, 6.07) is 9.13. The van der Waals surface area contributed by atoms with Gasteiger partial charge in [0.2, 0.25) is 10.0 Å². The minimum absolute atomic E-state index is 0.362. The molecule has 7 nitrogen and oxygen atoms in total. The van der Waals surface area contributed by atoms with Gasteiger partial charge in [0.05, 0.1) is 4.90 Å². The lowest BCUT2D eigenvalue weighted by atomic mass is 10.2. The number of nitrogens with zero attached hydrogens (tertiary/aromatic N) is 5. The molecule has 1 fully saturated rings. The average Bonchev–Trinajstić information content (AvgIpc) is 2.67. The Hall–Kier alpha value is -2.19. The van der Waals surface area contributed by atoms with Crippen LogP contribution in [-0.2, 0) is 16.4 Å². The number of anilines is 2. The molecule has 0 N–H and O–H groups in total. The number of hydrogen-bond donors (Lipinski definition) is 0. The van der Waals surface area contributed by atoms with Crippen LogP contribution in [0.3, 0.4) is 0 Å². The molecule has 0 spiro atoms. The van der Waals surface area contributed by atoms with E-state index in [1.807, 2.05) is 44.1 Å². The summed E-state index contributed by atoms with van der Waals surface area (Å²) in [5, 5.41) is 0. The largest absolute Gasteiger partial charge is 0.363 e. The molecule has 0 aliphatic carbocycles. The van der Waals surface area contributed by atoms with E-state index >= 15 is 0 Å². The summed E-state index contributed by atoms with van der Waals surface area (Å²) in [6.07, 6.45) is 0.895. The SMILES string of the molecule is CCc1ccc(S(=O)(=O)N2CCN(c3cc(N(C)C)nc(C)n3)CC2)cc1. The van der Waals surface area contributed by atoms with Crippen molar-refractivity contribution in [1.82, 2.24) is 14.3 Å². The van der Waals surface area contributed by atoms with E-state index in [-0.39, 0.29) is 0 Å². The highest BCUT2D eigenvalue weighted by Crippen LogP contribution is 2.22. The quantitative estimate of drug-likeness (QED) is 0.778. The molecule has 0 unspecified atom stereocenters. The number of aryl methyl sites for hydroxylation is 2. The maximum absolute atomic E-state index is 12.9. The van der Waals surface area contributed by atoms with Crippen molar-refractivity contribution in [1.29, 1.82) is 0 Å². The Kier molecular flexibility index (Phi) is 5.67. The lowest BCUT2D eigenvalue weighted by Crippen LogP contribution is -2.49. The topological polar surface area (TPSA) is 69.6 Å². The average molecular weight is 390 g/mol. The summed E-state index contributed by atoms with van der Waals surface area (Å²) in [7, 11) is 0.432. The molecule has 0 radical (unpaired) electrons. The summed E-state index contributed by atoms with van der Waals surface area (Å²) in [6.45, 7) is 6.03. The van der Waals surface area contributed by atoms with Crippen LogP contribution in [0, 0.1) is 6.92 Å². The Bertz CT molecular complexity index is 889. The summed E-state index contributed by atoms with van der Waals surface area (Å²) in [4.78, 5) is 13.4. The van der Waals surface area contributed by atoms with Gasteiger partial charge in [-0.15, -0.1) is 0 Å². The second-order valence-electron chi connectivity index (χ2n) is 6.91. The van der Waals surface area contributed by atoms with Crippen molar-refractivity contribution in [3.05, 3.63) is 41.7 Å². The van der Waals surface area contributed by atoms with Gasteiger partial charge in [0, 0.05) is 46.3 Å². The van der Waals surface area contributed by atoms with Crippen molar-refractivity contribution < 1.29 is 8.42 Å². The lowest BCUT2D eigenvalue weighted by molar-refractivity contribution is 0.383. The molecule has 1 aromatic heterocycles. The molecule has 0 atom stereocenters. The van der Waals surface area contributed by atoms with Crippen LogP contribution in [0.15, 0.2) is 35.2 Å². The highest BCUT2D eigenvalue weighted by atomic mass is 32.2. The van der Waals surface area contributed by atoms with Crippen molar-refractivity contribution in [3.8, 4) is 0 Å². The van der Waals surface area contributed by atoms with E-state index in [1.54, 1.807) is 16.4 Å².